The fourth-order valence-electron chi connectivity index (χ4n) is 4.80. The summed E-state index contributed by atoms with van der Waals surface area (Å²) in [5.41, 5.74) is 0.531. The van der Waals surface area contributed by atoms with E-state index in [2.05, 4.69) is 4.98 Å². The molecule has 2 saturated heterocycles. The number of ether oxygens (including phenoxy) is 1. The summed E-state index contributed by atoms with van der Waals surface area (Å²) in [7, 11) is -3.53. The monoisotopic (exact) mass is 443 g/mol. The second kappa shape index (κ2) is 8.96. The van der Waals surface area contributed by atoms with E-state index >= 15 is 0 Å². The molecule has 1 aromatic heterocycles. The highest BCUT2D eigenvalue weighted by Crippen LogP contribution is 2.38. The Kier molecular flexibility index (Phi) is 6.29. The van der Waals surface area contributed by atoms with Crippen LogP contribution in [0.2, 0.25) is 0 Å². The molecule has 2 fully saturated rings. The Labute approximate surface area is 184 Å². The lowest BCUT2D eigenvalue weighted by Gasteiger charge is -2.39. The number of pyridine rings is 1. The Hall–Kier alpha value is -2.45. The van der Waals surface area contributed by atoms with E-state index in [1.807, 2.05) is 30.9 Å². The van der Waals surface area contributed by atoms with Crippen LogP contribution in [0.3, 0.4) is 0 Å². The Bertz CT molecular complexity index is 993. The number of aromatic nitrogens is 1. The summed E-state index contributed by atoms with van der Waals surface area (Å²) in [5.74, 6) is 0.783. The summed E-state index contributed by atoms with van der Waals surface area (Å²) < 4.78 is 32.9. The number of rotatable bonds is 7. The SMILES string of the molecule is CCN(CC)S(=O)(=O)c1ccc(C(=O)N2C3CCC2CC(Oc2ccncc2)C3)cc1. The van der Waals surface area contributed by atoms with Gasteiger partial charge < -0.3 is 9.64 Å². The van der Waals surface area contributed by atoms with E-state index in [-0.39, 0.29) is 29.0 Å². The molecule has 2 aromatic rings. The molecule has 3 heterocycles. The molecule has 1 amide bonds. The summed E-state index contributed by atoms with van der Waals surface area (Å²) in [5, 5.41) is 0. The molecule has 0 radical (unpaired) electrons. The molecule has 2 aliphatic rings. The van der Waals surface area contributed by atoms with Gasteiger partial charge in [0.25, 0.3) is 5.91 Å². The average Bonchev–Trinajstić information content (AvgIpc) is 3.05. The summed E-state index contributed by atoms with van der Waals surface area (Å²) in [6, 6.07) is 10.4. The standard InChI is InChI=1S/C23H29N3O4S/c1-3-25(4-2)31(28,29)22-9-5-17(6-10-22)23(27)26-18-7-8-19(26)16-21(15-18)30-20-11-13-24-14-12-20/h5-6,9-14,18-19,21H,3-4,7-8,15-16H2,1-2H3. The topological polar surface area (TPSA) is 79.8 Å². The summed E-state index contributed by atoms with van der Waals surface area (Å²) in [6.07, 6.45) is 7.07. The third-order valence-electron chi connectivity index (χ3n) is 6.32. The van der Waals surface area contributed by atoms with Crippen molar-refractivity contribution in [2.24, 2.45) is 0 Å². The van der Waals surface area contributed by atoms with Crippen LogP contribution in [-0.4, -0.2) is 59.8 Å². The van der Waals surface area contributed by atoms with Crippen LogP contribution in [0.5, 0.6) is 5.75 Å². The molecule has 31 heavy (non-hydrogen) atoms. The van der Waals surface area contributed by atoms with E-state index < -0.39 is 10.0 Å². The van der Waals surface area contributed by atoms with Crippen LogP contribution in [0.25, 0.3) is 0 Å². The molecule has 0 spiro atoms. The number of carbonyl (C=O) groups is 1. The lowest BCUT2D eigenvalue weighted by Crippen LogP contribution is -2.49. The predicted octanol–water partition coefficient (Wildman–Crippen LogP) is 3.33. The lowest BCUT2D eigenvalue weighted by atomic mass is 9.98. The number of hydrogen-bond acceptors (Lipinski definition) is 5. The van der Waals surface area contributed by atoms with Gasteiger partial charge in [0.1, 0.15) is 11.9 Å². The van der Waals surface area contributed by atoms with Crippen LogP contribution < -0.4 is 4.74 Å². The lowest BCUT2D eigenvalue weighted by molar-refractivity contribution is 0.0358. The molecule has 166 valence electrons. The van der Waals surface area contributed by atoms with Crippen molar-refractivity contribution in [3.8, 4) is 5.75 Å². The first-order chi connectivity index (χ1) is 14.9. The van der Waals surface area contributed by atoms with Gasteiger partial charge in [-0.3, -0.25) is 9.78 Å². The molecular formula is C23H29N3O4S. The largest absolute Gasteiger partial charge is 0.490 e. The Balaban J connectivity index is 1.46. The normalized spacial score (nSPS) is 23.2. The molecule has 8 heteroatoms. The maximum Gasteiger partial charge on any atom is 0.254 e. The zero-order chi connectivity index (χ0) is 22.0. The van der Waals surface area contributed by atoms with Gasteiger partial charge in [-0.2, -0.15) is 4.31 Å². The predicted molar refractivity (Wildman–Crippen MR) is 117 cm³/mol. The highest BCUT2D eigenvalue weighted by atomic mass is 32.2. The van der Waals surface area contributed by atoms with Gasteiger partial charge in [0.05, 0.1) is 4.90 Å². The zero-order valence-corrected chi connectivity index (χ0v) is 18.8. The molecular weight excluding hydrogens is 414 g/mol. The van der Waals surface area contributed by atoms with Crippen molar-refractivity contribution in [2.75, 3.05) is 13.1 Å². The summed E-state index contributed by atoms with van der Waals surface area (Å²) >= 11 is 0. The Morgan fingerprint density at radius 3 is 2.16 bits per heavy atom. The van der Waals surface area contributed by atoms with Gasteiger partial charge in [0, 0.05) is 56.0 Å². The van der Waals surface area contributed by atoms with E-state index in [9.17, 15) is 13.2 Å². The quantitative estimate of drug-likeness (QED) is 0.656. The van der Waals surface area contributed by atoms with Crippen molar-refractivity contribution in [3.63, 3.8) is 0 Å². The van der Waals surface area contributed by atoms with Crippen molar-refractivity contribution in [3.05, 3.63) is 54.4 Å². The van der Waals surface area contributed by atoms with Crippen LogP contribution in [-0.2, 0) is 10.0 Å². The minimum Gasteiger partial charge on any atom is -0.490 e. The number of piperidine rings is 1. The first kappa shape index (κ1) is 21.8. The first-order valence-electron chi connectivity index (χ1n) is 10.9. The molecule has 0 N–H and O–H groups in total. The van der Waals surface area contributed by atoms with E-state index in [0.29, 0.717) is 18.7 Å². The van der Waals surface area contributed by atoms with Crippen molar-refractivity contribution < 1.29 is 17.9 Å². The number of fused-ring (bicyclic) bond motifs is 2. The van der Waals surface area contributed by atoms with Gasteiger partial charge >= 0.3 is 0 Å². The maximum atomic E-state index is 13.2. The maximum absolute atomic E-state index is 13.2. The summed E-state index contributed by atoms with van der Waals surface area (Å²) in [4.78, 5) is 19.5. The van der Waals surface area contributed by atoms with Crippen molar-refractivity contribution in [1.82, 2.24) is 14.2 Å². The van der Waals surface area contributed by atoms with Crippen LogP contribution >= 0.6 is 0 Å². The third-order valence-corrected chi connectivity index (χ3v) is 8.39. The smallest absolute Gasteiger partial charge is 0.254 e. The van der Waals surface area contributed by atoms with Crippen molar-refractivity contribution in [1.29, 1.82) is 0 Å². The molecule has 1 aromatic carbocycles. The Morgan fingerprint density at radius 1 is 1.03 bits per heavy atom. The van der Waals surface area contributed by atoms with Gasteiger partial charge in [-0.1, -0.05) is 13.8 Å². The van der Waals surface area contributed by atoms with Crippen molar-refractivity contribution >= 4 is 15.9 Å². The zero-order valence-electron chi connectivity index (χ0n) is 18.0. The highest BCUT2D eigenvalue weighted by Gasteiger charge is 2.44. The first-order valence-corrected chi connectivity index (χ1v) is 12.4. The number of hydrogen-bond donors (Lipinski definition) is 0. The van der Waals surface area contributed by atoms with Crippen LogP contribution in [0, 0.1) is 0 Å². The molecule has 0 saturated carbocycles. The second-order valence-electron chi connectivity index (χ2n) is 8.11. The van der Waals surface area contributed by atoms with E-state index in [0.717, 1.165) is 31.4 Å². The van der Waals surface area contributed by atoms with Gasteiger partial charge in [0.2, 0.25) is 10.0 Å². The molecule has 0 aliphatic carbocycles. The number of carbonyl (C=O) groups excluding carboxylic acids is 1. The fraction of sp³-hybridized carbons (Fsp3) is 0.478. The molecule has 7 nitrogen and oxygen atoms in total. The molecule has 2 atom stereocenters. The van der Waals surface area contributed by atoms with Gasteiger partial charge in [-0.25, -0.2) is 8.42 Å². The third kappa shape index (κ3) is 4.32. The summed E-state index contributed by atoms with van der Waals surface area (Å²) in [6.45, 7) is 4.46. The molecule has 2 aliphatic heterocycles. The molecule has 2 bridgehead atoms. The fourth-order valence-corrected chi connectivity index (χ4v) is 6.25. The number of sulfonamides is 1. The molecule has 4 rings (SSSR count). The number of benzene rings is 1. The minimum absolute atomic E-state index is 0.0263. The van der Waals surface area contributed by atoms with E-state index in [4.69, 9.17) is 4.74 Å². The number of nitrogens with zero attached hydrogens (tertiary/aromatic N) is 3. The highest BCUT2D eigenvalue weighted by molar-refractivity contribution is 7.89. The molecule has 2 unspecified atom stereocenters. The van der Waals surface area contributed by atoms with Gasteiger partial charge in [0.15, 0.2) is 0 Å². The van der Waals surface area contributed by atoms with E-state index in [1.165, 1.54) is 4.31 Å². The van der Waals surface area contributed by atoms with Gasteiger partial charge in [-0.15, -0.1) is 0 Å². The van der Waals surface area contributed by atoms with Crippen LogP contribution in [0.15, 0.2) is 53.7 Å². The average molecular weight is 444 g/mol. The van der Waals surface area contributed by atoms with Crippen LogP contribution in [0.1, 0.15) is 49.9 Å². The minimum atomic E-state index is -3.53. The Morgan fingerprint density at radius 2 is 1.61 bits per heavy atom. The van der Waals surface area contributed by atoms with Crippen LogP contribution in [0.4, 0.5) is 0 Å². The van der Waals surface area contributed by atoms with E-state index in [1.54, 1.807) is 36.7 Å². The number of amides is 1. The van der Waals surface area contributed by atoms with Crippen molar-refractivity contribution in [2.45, 2.75) is 62.6 Å². The van der Waals surface area contributed by atoms with Gasteiger partial charge in [-0.05, 0) is 49.2 Å². The second-order valence-corrected chi connectivity index (χ2v) is 10.0.